The van der Waals surface area contributed by atoms with E-state index in [1.807, 2.05) is 0 Å². The van der Waals surface area contributed by atoms with Gasteiger partial charge in [-0.2, -0.15) is 0 Å². The van der Waals surface area contributed by atoms with Gasteiger partial charge in [0.05, 0.1) is 24.1 Å². The SMILES string of the molecule is CNC(=O)c1cnc(Nc2ccc(F)cn2)cc1Nc1ccc(C(=O)NCCO)cc1. The summed E-state index contributed by atoms with van der Waals surface area (Å²) in [6, 6.07) is 11.0. The predicted octanol–water partition coefficient (Wildman–Crippen LogP) is 2.18. The van der Waals surface area contributed by atoms with E-state index in [9.17, 15) is 14.0 Å². The first-order chi connectivity index (χ1) is 15.0. The summed E-state index contributed by atoms with van der Waals surface area (Å²) in [6.45, 7) is 0.0313. The Balaban J connectivity index is 1.82. The highest BCUT2D eigenvalue weighted by atomic mass is 19.1. The van der Waals surface area contributed by atoms with Crippen molar-refractivity contribution in [2.24, 2.45) is 0 Å². The fourth-order valence-corrected chi connectivity index (χ4v) is 2.66. The number of aromatic nitrogens is 2. The third kappa shape index (κ3) is 5.73. The van der Waals surface area contributed by atoms with Gasteiger partial charge in [-0.15, -0.1) is 0 Å². The Morgan fingerprint density at radius 2 is 1.71 bits per heavy atom. The van der Waals surface area contributed by atoms with Crippen molar-refractivity contribution in [3.63, 3.8) is 0 Å². The van der Waals surface area contributed by atoms with E-state index in [0.29, 0.717) is 34.1 Å². The smallest absolute Gasteiger partial charge is 0.254 e. The molecule has 2 amide bonds. The molecule has 31 heavy (non-hydrogen) atoms. The Morgan fingerprint density at radius 3 is 2.35 bits per heavy atom. The summed E-state index contributed by atoms with van der Waals surface area (Å²) in [6.07, 6.45) is 2.49. The quantitative estimate of drug-likeness (QED) is 0.375. The third-order valence-electron chi connectivity index (χ3n) is 4.18. The van der Waals surface area contributed by atoms with Crippen LogP contribution in [0.25, 0.3) is 0 Å². The van der Waals surface area contributed by atoms with Gasteiger partial charge in [0.15, 0.2) is 0 Å². The lowest BCUT2D eigenvalue weighted by molar-refractivity contribution is 0.0942. The number of nitrogens with zero attached hydrogens (tertiary/aromatic N) is 2. The van der Waals surface area contributed by atoms with Crippen molar-refractivity contribution < 1.29 is 19.1 Å². The van der Waals surface area contributed by atoms with Gasteiger partial charge in [0.25, 0.3) is 11.8 Å². The Hall–Kier alpha value is -4.05. The molecule has 0 spiro atoms. The van der Waals surface area contributed by atoms with Gasteiger partial charge in [-0.3, -0.25) is 9.59 Å². The van der Waals surface area contributed by atoms with Crippen LogP contribution in [-0.4, -0.2) is 47.1 Å². The summed E-state index contributed by atoms with van der Waals surface area (Å²) in [5.41, 5.74) is 1.85. The van der Waals surface area contributed by atoms with E-state index >= 15 is 0 Å². The molecule has 2 aromatic heterocycles. The van der Waals surface area contributed by atoms with Crippen molar-refractivity contribution in [2.75, 3.05) is 30.8 Å². The fraction of sp³-hybridized carbons (Fsp3) is 0.143. The Bertz CT molecular complexity index is 1060. The summed E-state index contributed by atoms with van der Waals surface area (Å²) >= 11 is 0. The molecule has 0 saturated carbocycles. The molecule has 0 atom stereocenters. The first-order valence-electron chi connectivity index (χ1n) is 9.37. The van der Waals surface area contributed by atoms with Crippen LogP contribution in [0.2, 0.25) is 0 Å². The average Bonchev–Trinajstić information content (AvgIpc) is 2.79. The predicted molar refractivity (Wildman–Crippen MR) is 114 cm³/mol. The summed E-state index contributed by atoms with van der Waals surface area (Å²) in [5.74, 6) is -0.292. The maximum Gasteiger partial charge on any atom is 0.254 e. The van der Waals surface area contributed by atoms with Gasteiger partial charge < -0.3 is 26.4 Å². The number of hydrogen-bond acceptors (Lipinski definition) is 7. The lowest BCUT2D eigenvalue weighted by atomic mass is 10.1. The molecule has 0 radical (unpaired) electrons. The topological polar surface area (TPSA) is 128 Å². The molecule has 9 nitrogen and oxygen atoms in total. The lowest BCUT2D eigenvalue weighted by Crippen LogP contribution is -2.26. The highest BCUT2D eigenvalue weighted by molar-refractivity contribution is 6.00. The van der Waals surface area contributed by atoms with Crippen LogP contribution in [-0.2, 0) is 0 Å². The molecule has 3 rings (SSSR count). The van der Waals surface area contributed by atoms with E-state index in [0.717, 1.165) is 6.20 Å². The number of hydrogen-bond donors (Lipinski definition) is 5. The van der Waals surface area contributed by atoms with Crippen molar-refractivity contribution in [1.82, 2.24) is 20.6 Å². The molecule has 0 fully saturated rings. The van der Waals surface area contributed by atoms with E-state index in [1.165, 1.54) is 25.4 Å². The van der Waals surface area contributed by atoms with Crippen molar-refractivity contribution in [1.29, 1.82) is 0 Å². The van der Waals surface area contributed by atoms with E-state index in [-0.39, 0.29) is 25.0 Å². The number of aliphatic hydroxyl groups is 1. The molecule has 0 saturated heterocycles. The molecule has 0 aliphatic heterocycles. The van der Waals surface area contributed by atoms with E-state index in [4.69, 9.17) is 5.11 Å². The summed E-state index contributed by atoms with van der Waals surface area (Å²) in [4.78, 5) is 32.3. The molecular formula is C21H21FN6O3. The highest BCUT2D eigenvalue weighted by Crippen LogP contribution is 2.25. The van der Waals surface area contributed by atoms with Gasteiger partial charge in [-0.1, -0.05) is 0 Å². The molecule has 2 heterocycles. The van der Waals surface area contributed by atoms with Crippen LogP contribution in [0.4, 0.5) is 27.4 Å². The maximum absolute atomic E-state index is 13.1. The van der Waals surface area contributed by atoms with E-state index < -0.39 is 5.82 Å². The number of anilines is 4. The second-order valence-corrected chi connectivity index (χ2v) is 6.36. The number of carbonyl (C=O) groups is 2. The lowest BCUT2D eigenvalue weighted by Gasteiger charge is -2.14. The van der Waals surface area contributed by atoms with E-state index in [2.05, 4.69) is 31.2 Å². The molecule has 0 bridgehead atoms. The van der Waals surface area contributed by atoms with Crippen LogP contribution in [0.5, 0.6) is 0 Å². The zero-order chi connectivity index (χ0) is 22.2. The van der Waals surface area contributed by atoms with E-state index in [1.54, 1.807) is 30.3 Å². The molecule has 1 aromatic carbocycles. The summed E-state index contributed by atoms with van der Waals surface area (Å²) < 4.78 is 13.1. The second-order valence-electron chi connectivity index (χ2n) is 6.36. The van der Waals surface area contributed by atoms with Crippen LogP contribution in [0, 0.1) is 5.82 Å². The van der Waals surface area contributed by atoms with Crippen LogP contribution >= 0.6 is 0 Å². The number of pyridine rings is 2. The fourth-order valence-electron chi connectivity index (χ4n) is 2.66. The maximum atomic E-state index is 13.1. The number of benzene rings is 1. The number of carbonyl (C=O) groups excluding carboxylic acids is 2. The minimum Gasteiger partial charge on any atom is -0.395 e. The second kappa shape index (κ2) is 10.1. The van der Waals surface area contributed by atoms with Crippen LogP contribution in [0.1, 0.15) is 20.7 Å². The van der Waals surface area contributed by atoms with Gasteiger partial charge in [0, 0.05) is 37.1 Å². The summed E-state index contributed by atoms with van der Waals surface area (Å²) in [7, 11) is 1.51. The Kier molecular flexibility index (Phi) is 7.07. The third-order valence-corrected chi connectivity index (χ3v) is 4.18. The van der Waals surface area contributed by atoms with Crippen LogP contribution in [0.3, 0.4) is 0 Å². The van der Waals surface area contributed by atoms with Gasteiger partial charge in [-0.25, -0.2) is 14.4 Å². The first-order valence-corrected chi connectivity index (χ1v) is 9.37. The molecule has 10 heteroatoms. The number of halogens is 1. The zero-order valence-electron chi connectivity index (χ0n) is 16.6. The van der Waals surface area contributed by atoms with Crippen molar-refractivity contribution in [3.8, 4) is 0 Å². The molecule has 3 aromatic rings. The zero-order valence-corrected chi connectivity index (χ0v) is 16.6. The molecular weight excluding hydrogens is 403 g/mol. The van der Waals surface area contributed by atoms with Gasteiger partial charge in [0.2, 0.25) is 0 Å². The largest absolute Gasteiger partial charge is 0.395 e. The molecule has 0 aliphatic carbocycles. The normalized spacial score (nSPS) is 10.3. The van der Waals surface area contributed by atoms with Crippen LogP contribution < -0.4 is 21.3 Å². The molecule has 160 valence electrons. The number of nitrogens with one attached hydrogen (secondary N) is 4. The summed E-state index contributed by atoms with van der Waals surface area (Å²) in [5, 5.41) is 20.0. The van der Waals surface area contributed by atoms with Crippen molar-refractivity contribution >= 4 is 34.8 Å². The molecule has 0 unspecified atom stereocenters. The molecule has 5 N–H and O–H groups in total. The monoisotopic (exact) mass is 424 g/mol. The Morgan fingerprint density at radius 1 is 0.968 bits per heavy atom. The van der Waals surface area contributed by atoms with Crippen molar-refractivity contribution in [3.05, 3.63) is 71.8 Å². The number of rotatable bonds is 8. The van der Waals surface area contributed by atoms with Crippen LogP contribution in [0.15, 0.2) is 54.9 Å². The van der Waals surface area contributed by atoms with Gasteiger partial charge in [-0.05, 0) is 36.4 Å². The number of aliphatic hydroxyl groups excluding tert-OH is 1. The minimum absolute atomic E-state index is 0.139. The Labute approximate surface area is 177 Å². The van der Waals surface area contributed by atoms with Gasteiger partial charge >= 0.3 is 0 Å². The highest BCUT2D eigenvalue weighted by Gasteiger charge is 2.13. The minimum atomic E-state index is -0.454. The first kappa shape index (κ1) is 21.7. The molecule has 0 aliphatic rings. The average molecular weight is 424 g/mol. The number of amides is 2. The van der Waals surface area contributed by atoms with Crippen molar-refractivity contribution in [2.45, 2.75) is 0 Å². The van der Waals surface area contributed by atoms with Gasteiger partial charge in [0.1, 0.15) is 17.5 Å². The standard InChI is InChI=1S/C21H21FN6O3/c1-23-21(31)16-12-26-19(28-18-7-4-14(22)11-25-18)10-17(16)27-15-5-2-13(3-6-15)20(30)24-8-9-29/h2-7,10-12,29H,8-9H2,1H3,(H,23,31)(H,24,30)(H2,25,26,27,28).